The van der Waals surface area contributed by atoms with Crippen LogP contribution in [-0.2, 0) is 13.1 Å². The quantitative estimate of drug-likeness (QED) is 0.902. The molecular formula is C14H18N6O. The normalized spacial score (nSPS) is 15.4. The molecule has 0 saturated heterocycles. The number of hydrogen-bond acceptors (Lipinski definition) is 4. The summed E-state index contributed by atoms with van der Waals surface area (Å²) >= 11 is 0. The molecular weight excluding hydrogens is 268 g/mol. The molecule has 0 spiro atoms. The molecule has 7 heteroatoms. The minimum absolute atomic E-state index is 0.0776. The molecule has 0 aliphatic carbocycles. The fraction of sp³-hybridized carbons (Fsp3) is 0.429. The zero-order valence-corrected chi connectivity index (χ0v) is 12.2. The van der Waals surface area contributed by atoms with Crippen molar-refractivity contribution >= 4 is 6.03 Å². The molecule has 3 rings (SSSR count). The monoisotopic (exact) mass is 286 g/mol. The Morgan fingerprint density at radius 1 is 1.43 bits per heavy atom. The molecule has 7 nitrogen and oxygen atoms in total. The zero-order valence-electron chi connectivity index (χ0n) is 12.2. The summed E-state index contributed by atoms with van der Waals surface area (Å²) in [4.78, 5) is 26.6. The van der Waals surface area contributed by atoms with Crippen LogP contribution in [0.3, 0.4) is 0 Å². The number of amides is 2. The molecule has 110 valence electrons. The summed E-state index contributed by atoms with van der Waals surface area (Å²) in [7, 11) is 0. The lowest BCUT2D eigenvalue weighted by atomic mass is 10.2. The largest absolute Gasteiger partial charge is 0.331 e. The third-order valence-corrected chi connectivity index (χ3v) is 3.63. The van der Waals surface area contributed by atoms with Crippen molar-refractivity contribution < 1.29 is 4.79 Å². The van der Waals surface area contributed by atoms with Gasteiger partial charge in [0, 0.05) is 25.5 Å². The van der Waals surface area contributed by atoms with Crippen LogP contribution in [0.1, 0.15) is 30.2 Å². The lowest BCUT2D eigenvalue weighted by Gasteiger charge is -2.29. The van der Waals surface area contributed by atoms with Gasteiger partial charge in [0.25, 0.3) is 0 Å². The van der Waals surface area contributed by atoms with Gasteiger partial charge in [-0.2, -0.15) is 0 Å². The summed E-state index contributed by atoms with van der Waals surface area (Å²) in [6.45, 7) is 5.81. The van der Waals surface area contributed by atoms with Crippen LogP contribution in [-0.4, -0.2) is 37.0 Å². The SMILES string of the molecule is Cc1nccc(C(C)NC(=O)N2CCn3cncc3C2)n1. The van der Waals surface area contributed by atoms with Crippen LogP contribution in [0.2, 0.25) is 0 Å². The van der Waals surface area contributed by atoms with E-state index in [0.717, 1.165) is 17.9 Å². The molecule has 2 aromatic rings. The summed E-state index contributed by atoms with van der Waals surface area (Å²) in [6, 6.07) is 1.60. The molecule has 2 amide bonds. The lowest BCUT2D eigenvalue weighted by Crippen LogP contribution is -2.44. The number of rotatable bonds is 2. The topological polar surface area (TPSA) is 75.9 Å². The maximum Gasteiger partial charge on any atom is 0.318 e. The highest BCUT2D eigenvalue weighted by Gasteiger charge is 2.22. The van der Waals surface area contributed by atoms with Crippen molar-refractivity contribution in [2.45, 2.75) is 33.0 Å². The predicted molar refractivity (Wildman–Crippen MR) is 76.4 cm³/mol. The second-order valence-electron chi connectivity index (χ2n) is 5.20. The Labute approximate surface area is 123 Å². The number of hydrogen-bond donors (Lipinski definition) is 1. The van der Waals surface area contributed by atoms with Crippen LogP contribution >= 0.6 is 0 Å². The molecule has 0 fully saturated rings. The maximum absolute atomic E-state index is 12.3. The number of fused-ring (bicyclic) bond motifs is 1. The van der Waals surface area contributed by atoms with Gasteiger partial charge in [0.05, 0.1) is 30.3 Å². The number of carbonyl (C=O) groups is 1. The maximum atomic E-state index is 12.3. The van der Waals surface area contributed by atoms with Gasteiger partial charge in [0.1, 0.15) is 5.82 Å². The van der Waals surface area contributed by atoms with E-state index in [1.807, 2.05) is 19.9 Å². The molecule has 0 radical (unpaired) electrons. The first kappa shape index (κ1) is 13.5. The zero-order chi connectivity index (χ0) is 14.8. The summed E-state index contributed by atoms with van der Waals surface area (Å²) in [5.41, 5.74) is 1.87. The molecule has 1 N–H and O–H groups in total. The van der Waals surface area contributed by atoms with Gasteiger partial charge in [-0.25, -0.2) is 19.7 Å². The van der Waals surface area contributed by atoms with Gasteiger partial charge in [0.15, 0.2) is 0 Å². The second kappa shape index (κ2) is 5.51. The molecule has 1 unspecified atom stereocenters. The number of carbonyl (C=O) groups excluding carboxylic acids is 1. The first-order valence-corrected chi connectivity index (χ1v) is 6.97. The van der Waals surface area contributed by atoms with E-state index >= 15 is 0 Å². The summed E-state index contributed by atoms with van der Waals surface area (Å²) in [6.07, 6.45) is 5.31. The number of aromatic nitrogens is 4. The smallest absolute Gasteiger partial charge is 0.318 e. The van der Waals surface area contributed by atoms with Crippen molar-refractivity contribution in [3.8, 4) is 0 Å². The Hall–Kier alpha value is -2.44. The molecule has 0 bridgehead atoms. The highest BCUT2D eigenvalue weighted by molar-refractivity contribution is 5.74. The Balaban J connectivity index is 1.64. The van der Waals surface area contributed by atoms with Crippen molar-refractivity contribution in [3.63, 3.8) is 0 Å². The van der Waals surface area contributed by atoms with Crippen LogP contribution in [0.4, 0.5) is 4.79 Å². The van der Waals surface area contributed by atoms with Gasteiger partial charge >= 0.3 is 6.03 Å². The number of aryl methyl sites for hydroxylation is 1. The van der Waals surface area contributed by atoms with Crippen LogP contribution < -0.4 is 5.32 Å². The Kier molecular flexibility index (Phi) is 3.55. The van der Waals surface area contributed by atoms with E-state index in [0.29, 0.717) is 18.9 Å². The number of imidazole rings is 1. The van der Waals surface area contributed by atoms with Crippen LogP contribution in [0.5, 0.6) is 0 Å². The fourth-order valence-electron chi connectivity index (χ4n) is 2.42. The van der Waals surface area contributed by atoms with Gasteiger partial charge in [0.2, 0.25) is 0 Å². The van der Waals surface area contributed by atoms with Gasteiger partial charge in [-0.15, -0.1) is 0 Å². The van der Waals surface area contributed by atoms with Crippen molar-refractivity contribution in [1.29, 1.82) is 0 Å². The average molecular weight is 286 g/mol. The fourth-order valence-corrected chi connectivity index (χ4v) is 2.42. The predicted octanol–water partition coefficient (Wildman–Crippen LogP) is 1.27. The minimum Gasteiger partial charge on any atom is -0.331 e. The van der Waals surface area contributed by atoms with Crippen molar-refractivity contribution in [3.05, 3.63) is 42.0 Å². The summed E-state index contributed by atoms with van der Waals surface area (Å²) in [5.74, 6) is 0.704. The average Bonchev–Trinajstić information content (AvgIpc) is 2.94. The number of nitrogens with zero attached hydrogens (tertiary/aromatic N) is 5. The van der Waals surface area contributed by atoms with E-state index in [1.54, 1.807) is 23.6 Å². The molecule has 1 aliphatic rings. The van der Waals surface area contributed by atoms with Gasteiger partial charge in [-0.05, 0) is 19.9 Å². The molecule has 1 atom stereocenters. The van der Waals surface area contributed by atoms with E-state index in [-0.39, 0.29) is 12.1 Å². The van der Waals surface area contributed by atoms with Crippen molar-refractivity contribution in [2.24, 2.45) is 0 Å². The van der Waals surface area contributed by atoms with Crippen LogP contribution in [0.15, 0.2) is 24.8 Å². The van der Waals surface area contributed by atoms with Crippen molar-refractivity contribution in [2.75, 3.05) is 6.54 Å². The van der Waals surface area contributed by atoms with E-state index < -0.39 is 0 Å². The van der Waals surface area contributed by atoms with Crippen LogP contribution in [0, 0.1) is 6.92 Å². The first-order chi connectivity index (χ1) is 10.1. The Morgan fingerprint density at radius 2 is 2.29 bits per heavy atom. The molecule has 21 heavy (non-hydrogen) atoms. The number of urea groups is 1. The third-order valence-electron chi connectivity index (χ3n) is 3.63. The molecule has 3 heterocycles. The van der Waals surface area contributed by atoms with E-state index in [4.69, 9.17) is 0 Å². The molecule has 0 aromatic carbocycles. The second-order valence-corrected chi connectivity index (χ2v) is 5.20. The first-order valence-electron chi connectivity index (χ1n) is 6.97. The standard InChI is InChI=1S/C14H18N6O/c1-10(13-3-4-16-11(2)18-13)17-14(21)19-5-6-20-9-15-7-12(20)8-19/h3-4,7,9-10H,5-6,8H2,1-2H3,(H,17,21). The van der Waals surface area contributed by atoms with E-state index in [1.165, 1.54) is 0 Å². The van der Waals surface area contributed by atoms with Gasteiger partial charge in [-0.3, -0.25) is 0 Å². The van der Waals surface area contributed by atoms with Gasteiger partial charge in [-0.1, -0.05) is 0 Å². The Bertz CT molecular complexity index is 652. The highest BCUT2D eigenvalue weighted by atomic mass is 16.2. The summed E-state index contributed by atoms with van der Waals surface area (Å²) < 4.78 is 2.07. The third kappa shape index (κ3) is 2.86. The molecule has 2 aromatic heterocycles. The lowest BCUT2D eigenvalue weighted by molar-refractivity contribution is 0.180. The highest BCUT2D eigenvalue weighted by Crippen LogP contribution is 2.14. The van der Waals surface area contributed by atoms with Crippen molar-refractivity contribution in [1.82, 2.24) is 29.7 Å². The molecule has 1 aliphatic heterocycles. The van der Waals surface area contributed by atoms with E-state index in [2.05, 4.69) is 24.8 Å². The minimum atomic E-state index is -0.147. The van der Waals surface area contributed by atoms with Crippen LogP contribution in [0.25, 0.3) is 0 Å². The van der Waals surface area contributed by atoms with Gasteiger partial charge < -0.3 is 14.8 Å². The number of nitrogens with one attached hydrogen (secondary N) is 1. The Morgan fingerprint density at radius 3 is 3.10 bits per heavy atom. The molecule has 0 saturated carbocycles. The van der Waals surface area contributed by atoms with E-state index in [9.17, 15) is 4.79 Å². The summed E-state index contributed by atoms with van der Waals surface area (Å²) in [5, 5.41) is 2.98.